The lowest BCUT2D eigenvalue weighted by atomic mass is 9.90. The molecule has 1 aliphatic rings. The maximum Gasteiger partial charge on any atom is 0.337 e. The smallest absolute Gasteiger partial charge is 0.337 e. The number of benzene rings is 1. The van der Waals surface area contributed by atoms with Gasteiger partial charge < -0.3 is 10.5 Å². The molecule has 0 bridgehead atoms. The maximum absolute atomic E-state index is 14.0. The van der Waals surface area contributed by atoms with E-state index in [-0.39, 0.29) is 30.4 Å². The van der Waals surface area contributed by atoms with Crippen molar-refractivity contribution < 1.29 is 17.9 Å². The summed E-state index contributed by atoms with van der Waals surface area (Å²) in [6, 6.07) is 14.5. The predicted octanol–water partition coefficient (Wildman–Crippen LogP) is 1.21. The molecule has 0 radical (unpaired) electrons. The molecular weight excluding hydrogens is 512 g/mol. The van der Waals surface area contributed by atoms with Gasteiger partial charge in [-0.1, -0.05) is 30.3 Å². The van der Waals surface area contributed by atoms with Crippen LogP contribution in [0.4, 0.5) is 0 Å². The van der Waals surface area contributed by atoms with Crippen LogP contribution in [0.15, 0.2) is 94.0 Å². The molecule has 186 valence electrons. The summed E-state index contributed by atoms with van der Waals surface area (Å²) < 4.78 is 34.6. The molecule has 2 N–H and O–H groups in total. The highest BCUT2D eigenvalue weighted by Gasteiger charge is 2.42. The number of nitrogens with two attached hydrogens (primary N) is 1. The molecule has 0 spiro atoms. The van der Waals surface area contributed by atoms with E-state index in [9.17, 15) is 18.0 Å². The van der Waals surface area contributed by atoms with E-state index in [1.54, 1.807) is 60.9 Å². The summed E-state index contributed by atoms with van der Waals surface area (Å²) in [5.41, 5.74) is 6.99. The molecule has 4 heterocycles. The zero-order valence-corrected chi connectivity index (χ0v) is 21.1. The Morgan fingerprint density at radius 2 is 1.76 bits per heavy atom. The number of aromatic nitrogens is 3. The lowest BCUT2D eigenvalue weighted by molar-refractivity contribution is -0.134. The number of esters is 1. The molecule has 3 aromatic heterocycles. The van der Waals surface area contributed by atoms with E-state index in [2.05, 4.69) is 9.97 Å². The van der Waals surface area contributed by atoms with Crippen LogP contribution in [0, 0.1) is 0 Å². The Bertz CT molecular complexity index is 1810. The Balaban J connectivity index is 1.93. The van der Waals surface area contributed by atoms with Crippen molar-refractivity contribution in [3.05, 3.63) is 115 Å². The number of thiazole rings is 1. The summed E-state index contributed by atoms with van der Waals surface area (Å²) >= 11 is 1.02. The monoisotopic (exact) mass is 532 g/mol. The fourth-order valence-electron chi connectivity index (χ4n) is 4.21. The second-order valence-corrected chi connectivity index (χ2v) is 11.0. The van der Waals surface area contributed by atoms with Gasteiger partial charge in [0, 0.05) is 24.8 Å². The average molecular weight is 533 g/mol. The van der Waals surface area contributed by atoms with Crippen LogP contribution in [0.1, 0.15) is 17.0 Å². The molecule has 37 heavy (non-hydrogen) atoms. The fraction of sp³-hybridized carbons (Fsp3) is 0.0769. The second kappa shape index (κ2) is 9.60. The molecule has 0 saturated heterocycles. The van der Waals surface area contributed by atoms with Gasteiger partial charge in [-0.15, -0.1) is 11.3 Å². The van der Waals surface area contributed by atoms with Gasteiger partial charge in [-0.2, -0.15) is 0 Å². The highest BCUT2D eigenvalue weighted by molar-refractivity contribution is 7.95. The largest absolute Gasteiger partial charge is 0.466 e. The van der Waals surface area contributed by atoms with Gasteiger partial charge in [0.1, 0.15) is 15.4 Å². The quantitative estimate of drug-likeness (QED) is 0.379. The van der Waals surface area contributed by atoms with Crippen molar-refractivity contribution in [2.24, 2.45) is 5.73 Å². The van der Waals surface area contributed by atoms with Crippen molar-refractivity contribution >= 4 is 44.6 Å². The molecular formula is C26H20N4O5S2. The molecule has 0 unspecified atom stereocenters. The number of hydrogen-bond acceptors (Lipinski definition) is 9. The Labute approximate surface area is 215 Å². The third-order valence-corrected chi connectivity index (χ3v) is 8.87. The van der Waals surface area contributed by atoms with E-state index >= 15 is 0 Å². The Morgan fingerprint density at radius 3 is 2.38 bits per heavy atom. The Kier molecular flexibility index (Phi) is 6.32. The third-order valence-electron chi connectivity index (χ3n) is 5.85. The Hall–Kier alpha value is -4.35. The normalized spacial score (nSPS) is 16.0. The third kappa shape index (κ3) is 4.17. The number of hydrogen-bond donors (Lipinski definition) is 1. The van der Waals surface area contributed by atoms with Crippen molar-refractivity contribution in [1.29, 1.82) is 0 Å². The van der Waals surface area contributed by atoms with E-state index in [1.165, 1.54) is 31.6 Å². The first-order chi connectivity index (χ1) is 17.8. The van der Waals surface area contributed by atoms with Crippen molar-refractivity contribution in [3.63, 3.8) is 0 Å². The SMILES string of the molecule is COC(=O)C1=c2sc(=Cc3cccnc3)c(=O)n2C(N)=C(S(=O)(=O)c2ccccc2)[C@H]1c1cccnc1. The van der Waals surface area contributed by atoms with Crippen molar-refractivity contribution in [1.82, 2.24) is 14.5 Å². The number of methoxy groups -OCH3 is 1. The number of carbonyl (C=O) groups excluding carboxylic acids is 1. The van der Waals surface area contributed by atoms with Gasteiger partial charge >= 0.3 is 5.97 Å². The van der Waals surface area contributed by atoms with Gasteiger partial charge in [0.2, 0.25) is 9.84 Å². The van der Waals surface area contributed by atoms with E-state index in [0.717, 1.165) is 15.9 Å². The highest BCUT2D eigenvalue weighted by atomic mass is 32.2. The van der Waals surface area contributed by atoms with Crippen LogP contribution < -0.4 is 20.5 Å². The lowest BCUT2D eigenvalue weighted by Crippen LogP contribution is -2.41. The van der Waals surface area contributed by atoms with Crippen LogP contribution in [-0.2, 0) is 19.4 Å². The molecule has 0 fully saturated rings. The average Bonchev–Trinajstić information content (AvgIpc) is 3.25. The first-order valence-corrected chi connectivity index (χ1v) is 13.3. The minimum absolute atomic E-state index is 0.0212. The molecule has 11 heteroatoms. The first-order valence-electron chi connectivity index (χ1n) is 11.0. The first kappa shape index (κ1) is 24.3. The second-order valence-electron chi connectivity index (χ2n) is 8.03. The number of fused-ring (bicyclic) bond motifs is 1. The molecule has 1 atom stereocenters. The minimum atomic E-state index is -4.27. The molecule has 0 aliphatic carbocycles. The molecule has 0 saturated carbocycles. The summed E-state index contributed by atoms with van der Waals surface area (Å²) in [7, 11) is -3.07. The maximum atomic E-state index is 14.0. The standard InChI is InChI=1S/C26H20N4O5S2/c1-35-26(32)21-20(17-8-6-12-29-15-17)22(37(33,34)18-9-3-2-4-10-18)23(27)30-24(31)19(36-25(21)30)13-16-7-5-11-28-14-16/h2-15,20H,27H2,1H3/t20-/m0/s1. The number of pyridine rings is 2. The van der Waals surface area contributed by atoms with E-state index < -0.39 is 27.3 Å². The minimum Gasteiger partial charge on any atom is -0.466 e. The summed E-state index contributed by atoms with van der Waals surface area (Å²) in [6.07, 6.45) is 7.79. The van der Waals surface area contributed by atoms with Gasteiger partial charge in [0.25, 0.3) is 5.56 Å². The van der Waals surface area contributed by atoms with Gasteiger partial charge in [-0.25, -0.2) is 13.2 Å². The zero-order chi connectivity index (χ0) is 26.2. The van der Waals surface area contributed by atoms with Crippen LogP contribution in [-0.4, -0.2) is 36.0 Å². The number of ether oxygens (including phenoxy) is 1. The van der Waals surface area contributed by atoms with Gasteiger partial charge in [-0.3, -0.25) is 19.3 Å². The van der Waals surface area contributed by atoms with Crippen LogP contribution in [0.3, 0.4) is 0 Å². The zero-order valence-electron chi connectivity index (χ0n) is 19.4. The fourth-order valence-corrected chi connectivity index (χ4v) is 7.07. The van der Waals surface area contributed by atoms with Crippen molar-refractivity contribution in [2.45, 2.75) is 10.8 Å². The summed E-state index contributed by atoms with van der Waals surface area (Å²) in [4.78, 5) is 34.7. The lowest BCUT2D eigenvalue weighted by Gasteiger charge is -2.27. The summed E-state index contributed by atoms with van der Waals surface area (Å²) in [5.74, 6) is -2.23. The number of rotatable bonds is 5. The van der Waals surface area contributed by atoms with Crippen LogP contribution in [0.25, 0.3) is 17.5 Å². The molecule has 1 aliphatic heterocycles. The number of sulfone groups is 1. The van der Waals surface area contributed by atoms with Crippen LogP contribution in [0.2, 0.25) is 0 Å². The topological polar surface area (TPSA) is 134 Å². The molecule has 1 aromatic carbocycles. The van der Waals surface area contributed by atoms with Crippen LogP contribution in [0.5, 0.6) is 0 Å². The van der Waals surface area contributed by atoms with Crippen molar-refractivity contribution in [2.75, 3.05) is 7.11 Å². The van der Waals surface area contributed by atoms with Crippen molar-refractivity contribution in [3.8, 4) is 0 Å². The molecule has 5 rings (SSSR count). The van der Waals surface area contributed by atoms with E-state index in [4.69, 9.17) is 10.5 Å². The molecule has 0 amide bonds. The highest BCUT2D eigenvalue weighted by Crippen LogP contribution is 2.41. The van der Waals surface area contributed by atoms with E-state index in [1.807, 2.05) is 0 Å². The van der Waals surface area contributed by atoms with Gasteiger partial charge in [-0.05, 0) is 41.5 Å². The van der Waals surface area contributed by atoms with E-state index in [0.29, 0.717) is 11.1 Å². The summed E-state index contributed by atoms with van der Waals surface area (Å²) in [5, 5.41) is 0. The number of carbonyl (C=O) groups is 1. The molecule has 9 nitrogen and oxygen atoms in total. The summed E-state index contributed by atoms with van der Waals surface area (Å²) in [6.45, 7) is 0. The van der Waals surface area contributed by atoms with Gasteiger partial charge in [0.05, 0.1) is 28.0 Å². The van der Waals surface area contributed by atoms with Crippen LogP contribution >= 0.6 is 11.3 Å². The predicted molar refractivity (Wildman–Crippen MR) is 139 cm³/mol. The number of nitrogens with zero attached hydrogens (tertiary/aromatic N) is 3. The Morgan fingerprint density at radius 1 is 1.05 bits per heavy atom. The van der Waals surface area contributed by atoms with Gasteiger partial charge in [0.15, 0.2) is 0 Å². The molecule has 4 aromatic rings. The number of allylic oxidation sites excluding steroid dienone is 1.